The molecule has 0 bridgehead atoms. The summed E-state index contributed by atoms with van der Waals surface area (Å²) in [6.07, 6.45) is 0.674. The van der Waals surface area contributed by atoms with Crippen molar-refractivity contribution in [2.75, 3.05) is 13.2 Å². The number of carbonyl (C=O) groups excluding carboxylic acids is 2. The number of aryl methyl sites for hydroxylation is 1. The first-order chi connectivity index (χ1) is 13.7. The van der Waals surface area contributed by atoms with Gasteiger partial charge in [0.25, 0.3) is 5.91 Å². The number of carbonyl (C=O) groups is 2. The third kappa shape index (κ3) is 6.13. The van der Waals surface area contributed by atoms with Crippen LogP contribution in [0.15, 0.2) is 24.3 Å². The van der Waals surface area contributed by atoms with E-state index in [9.17, 15) is 19.7 Å². The van der Waals surface area contributed by atoms with Crippen LogP contribution in [0.3, 0.4) is 0 Å². The van der Waals surface area contributed by atoms with Crippen molar-refractivity contribution in [3.05, 3.63) is 56.9 Å². The smallest absolute Gasteiger partial charge is 0.328 e. The highest BCUT2D eigenvalue weighted by Crippen LogP contribution is 2.21. The Hall–Kier alpha value is -3.23. The minimum Gasteiger partial charge on any atom is -0.454 e. The molecule has 0 atom stereocenters. The number of nitrogens with one attached hydrogen (secondary N) is 1. The fraction of sp³-hybridized carbons (Fsp3) is 0.450. The van der Waals surface area contributed by atoms with Crippen molar-refractivity contribution in [1.82, 2.24) is 15.1 Å². The monoisotopic (exact) mass is 402 g/mol. The molecule has 1 aromatic carbocycles. The summed E-state index contributed by atoms with van der Waals surface area (Å²) in [7, 11) is 0. The molecule has 0 spiro atoms. The number of esters is 1. The Morgan fingerprint density at radius 2 is 1.90 bits per heavy atom. The SMILES string of the molecule is Cc1nn(CC(=O)OCC(=O)NCCc2ccc(C(C)C)cc2)c(C)c1[N+](=O)[O-]. The zero-order valence-electron chi connectivity index (χ0n) is 17.1. The molecule has 0 aliphatic rings. The van der Waals surface area contributed by atoms with Gasteiger partial charge in [0.1, 0.15) is 17.9 Å². The first kappa shape index (κ1) is 22.1. The summed E-state index contributed by atoms with van der Waals surface area (Å²) in [5.74, 6) is -0.625. The summed E-state index contributed by atoms with van der Waals surface area (Å²) in [6.45, 7) is 6.99. The lowest BCUT2D eigenvalue weighted by Crippen LogP contribution is -2.31. The largest absolute Gasteiger partial charge is 0.454 e. The number of hydrogen-bond acceptors (Lipinski definition) is 6. The van der Waals surface area contributed by atoms with Crippen molar-refractivity contribution >= 4 is 17.6 Å². The Balaban J connectivity index is 1.74. The first-order valence-electron chi connectivity index (χ1n) is 9.38. The zero-order valence-corrected chi connectivity index (χ0v) is 17.1. The molecule has 0 unspecified atom stereocenters. The number of rotatable bonds is 9. The maximum absolute atomic E-state index is 11.9. The van der Waals surface area contributed by atoms with Crippen LogP contribution in [0.25, 0.3) is 0 Å². The molecular formula is C20H26N4O5. The third-order valence-corrected chi connectivity index (χ3v) is 4.55. The minimum atomic E-state index is -0.690. The molecule has 1 amide bonds. The predicted octanol–water partition coefficient (Wildman–Crippen LogP) is 2.43. The van der Waals surface area contributed by atoms with E-state index in [1.54, 1.807) is 0 Å². The molecule has 1 aromatic heterocycles. The Morgan fingerprint density at radius 3 is 2.45 bits per heavy atom. The number of aromatic nitrogens is 2. The van der Waals surface area contributed by atoms with E-state index in [-0.39, 0.29) is 23.6 Å². The lowest BCUT2D eigenvalue weighted by molar-refractivity contribution is -0.386. The summed E-state index contributed by atoms with van der Waals surface area (Å²) < 4.78 is 6.14. The van der Waals surface area contributed by atoms with E-state index in [0.29, 0.717) is 18.9 Å². The van der Waals surface area contributed by atoms with E-state index in [1.807, 2.05) is 12.1 Å². The quantitative estimate of drug-likeness (QED) is 0.391. The van der Waals surface area contributed by atoms with Gasteiger partial charge in [0.15, 0.2) is 6.61 Å². The molecule has 1 heterocycles. The Labute approximate surface area is 169 Å². The van der Waals surface area contributed by atoms with E-state index in [4.69, 9.17) is 4.74 Å². The number of hydrogen-bond donors (Lipinski definition) is 1. The Bertz CT molecular complexity index is 887. The number of nitro groups is 1. The van der Waals surface area contributed by atoms with E-state index >= 15 is 0 Å². The van der Waals surface area contributed by atoms with Crippen LogP contribution in [0.4, 0.5) is 5.69 Å². The highest BCUT2D eigenvalue weighted by Gasteiger charge is 2.23. The van der Waals surface area contributed by atoms with Crippen LogP contribution < -0.4 is 5.32 Å². The van der Waals surface area contributed by atoms with Crippen LogP contribution in [0.5, 0.6) is 0 Å². The molecule has 156 valence electrons. The van der Waals surface area contributed by atoms with Gasteiger partial charge < -0.3 is 10.1 Å². The van der Waals surface area contributed by atoms with Crippen LogP contribution in [0.2, 0.25) is 0 Å². The molecule has 0 saturated heterocycles. The van der Waals surface area contributed by atoms with Gasteiger partial charge in [-0.25, -0.2) is 0 Å². The second-order valence-electron chi connectivity index (χ2n) is 7.09. The summed E-state index contributed by atoms with van der Waals surface area (Å²) in [5.41, 5.74) is 2.73. The van der Waals surface area contributed by atoms with Crippen molar-refractivity contribution in [2.24, 2.45) is 0 Å². The van der Waals surface area contributed by atoms with E-state index in [0.717, 1.165) is 5.56 Å². The lowest BCUT2D eigenvalue weighted by Gasteiger charge is -2.09. The molecule has 1 N–H and O–H groups in total. The fourth-order valence-corrected chi connectivity index (χ4v) is 2.89. The van der Waals surface area contributed by atoms with Gasteiger partial charge in [-0.15, -0.1) is 0 Å². The van der Waals surface area contributed by atoms with Crippen LogP contribution >= 0.6 is 0 Å². The Kier molecular flexibility index (Phi) is 7.46. The summed E-state index contributed by atoms with van der Waals surface area (Å²) >= 11 is 0. The first-order valence-corrected chi connectivity index (χ1v) is 9.38. The molecule has 0 aliphatic heterocycles. The van der Waals surface area contributed by atoms with Crippen LogP contribution in [0, 0.1) is 24.0 Å². The minimum absolute atomic E-state index is 0.128. The van der Waals surface area contributed by atoms with Gasteiger partial charge in [-0.05, 0) is 37.3 Å². The summed E-state index contributed by atoms with van der Waals surface area (Å²) in [6, 6.07) is 8.23. The van der Waals surface area contributed by atoms with Crippen molar-refractivity contribution in [3.8, 4) is 0 Å². The number of ether oxygens (including phenoxy) is 1. The maximum atomic E-state index is 11.9. The van der Waals surface area contributed by atoms with Gasteiger partial charge >= 0.3 is 11.7 Å². The van der Waals surface area contributed by atoms with E-state index in [2.05, 4.69) is 36.4 Å². The van der Waals surface area contributed by atoms with Gasteiger partial charge in [-0.2, -0.15) is 5.10 Å². The molecule has 9 heteroatoms. The molecule has 0 radical (unpaired) electrons. The molecule has 0 fully saturated rings. The van der Waals surface area contributed by atoms with Gasteiger partial charge in [0.2, 0.25) is 0 Å². The molecule has 2 rings (SSSR count). The second kappa shape index (κ2) is 9.81. The molecule has 29 heavy (non-hydrogen) atoms. The summed E-state index contributed by atoms with van der Waals surface area (Å²) in [5, 5.41) is 17.7. The number of nitrogens with zero attached hydrogens (tertiary/aromatic N) is 3. The molecular weight excluding hydrogens is 376 g/mol. The normalized spacial score (nSPS) is 10.8. The summed E-state index contributed by atoms with van der Waals surface area (Å²) in [4.78, 5) is 34.2. The molecule has 2 aromatic rings. The van der Waals surface area contributed by atoms with Gasteiger partial charge in [-0.3, -0.25) is 24.4 Å². The zero-order chi connectivity index (χ0) is 21.6. The predicted molar refractivity (Wildman–Crippen MR) is 107 cm³/mol. The average molecular weight is 402 g/mol. The van der Waals surface area contributed by atoms with E-state index < -0.39 is 23.4 Å². The molecule has 0 aliphatic carbocycles. The highest BCUT2D eigenvalue weighted by molar-refractivity contribution is 5.80. The van der Waals surface area contributed by atoms with Gasteiger partial charge in [0.05, 0.1) is 4.92 Å². The topological polar surface area (TPSA) is 116 Å². The van der Waals surface area contributed by atoms with Gasteiger partial charge in [-0.1, -0.05) is 38.1 Å². The molecule has 9 nitrogen and oxygen atoms in total. The maximum Gasteiger partial charge on any atom is 0.328 e. The van der Waals surface area contributed by atoms with Crippen molar-refractivity contribution in [1.29, 1.82) is 0 Å². The highest BCUT2D eigenvalue weighted by atomic mass is 16.6. The van der Waals surface area contributed by atoms with Crippen molar-refractivity contribution in [3.63, 3.8) is 0 Å². The van der Waals surface area contributed by atoms with E-state index in [1.165, 1.54) is 24.1 Å². The van der Waals surface area contributed by atoms with Crippen molar-refractivity contribution in [2.45, 2.75) is 46.6 Å². The standard InChI is InChI=1S/C20H26N4O5/c1-13(2)17-7-5-16(6-8-17)9-10-21-18(25)12-29-19(26)11-23-15(4)20(24(27)28)14(3)22-23/h5-8,13H,9-12H2,1-4H3,(H,21,25). The van der Waals surface area contributed by atoms with Crippen LogP contribution in [0.1, 0.15) is 42.3 Å². The average Bonchev–Trinajstić information content (AvgIpc) is 2.93. The Morgan fingerprint density at radius 1 is 1.24 bits per heavy atom. The fourth-order valence-electron chi connectivity index (χ4n) is 2.89. The lowest BCUT2D eigenvalue weighted by atomic mass is 10.0. The van der Waals surface area contributed by atoms with Crippen LogP contribution in [-0.2, 0) is 27.3 Å². The second-order valence-corrected chi connectivity index (χ2v) is 7.09. The third-order valence-electron chi connectivity index (χ3n) is 4.55. The number of amides is 1. The van der Waals surface area contributed by atoms with Crippen LogP contribution in [-0.4, -0.2) is 39.7 Å². The molecule has 0 saturated carbocycles. The number of benzene rings is 1. The van der Waals surface area contributed by atoms with Crippen molar-refractivity contribution < 1.29 is 19.2 Å². The van der Waals surface area contributed by atoms with Gasteiger partial charge in [0, 0.05) is 6.54 Å².